The van der Waals surface area contributed by atoms with E-state index < -0.39 is 17.9 Å². The van der Waals surface area contributed by atoms with E-state index in [1.54, 1.807) is 18.2 Å². The first kappa shape index (κ1) is 19.5. The minimum Gasteiger partial charge on any atom is -0.550 e. The van der Waals surface area contributed by atoms with Crippen molar-refractivity contribution in [1.82, 2.24) is 10.3 Å². The Morgan fingerprint density at radius 3 is 3.04 bits per heavy atom. The van der Waals surface area contributed by atoms with Gasteiger partial charge in [-0.15, -0.1) is 0 Å². The maximum atomic E-state index is 14.5. The minimum absolute atomic E-state index is 0.00247. The molecule has 1 aliphatic heterocycles. The number of benzene rings is 1. The van der Waals surface area contributed by atoms with Crippen LogP contribution >= 0.6 is 0 Å². The molecule has 1 aliphatic rings. The number of ether oxygens (including phenoxy) is 1. The maximum Gasteiger partial charge on any atom is 0.147 e. The molecular weight excluding hydrogens is 351 g/mol. The molecule has 3 rings (SSSR count). The number of carboxylic acids is 1. The van der Waals surface area contributed by atoms with Crippen LogP contribution in [0, 0.1) is 17.7 Å². The van der Waals surface area contributed by atoms with E-state index in [-0.39, 0.29) is 23.8 Å². The molecule has 1 saturated heterocycles. The molecule has 6 nitrogen and oxygen atoms in total. The Bertz CT molecular complexity index is 814. The van der Waals surface area contributed by atoms with Gasteiger partial charge in [0.1, 0.15) is 11.6 Å². The van der Waals surface area contributed by atoms with Crippen LogP contribution in [0.2, 0.25) is 0 Å². The fraction of sp³-hybridized carbons (Fsp3) is 0.500. The van der Waals surface area contributed by atoms with Crippen molar-refractivity contribution in [3.8, 4) is 5.75 Å². The molecule has 1 aromatic heterocycles. The zero-order chi connectivity index (χ0) is 19.4. The van der Waals surface area contributed by atoms with Gasteiger partial charge in [0.05, 0.1) is 24.9 Å². The normalized spacial score (nSPS) is 21.1. The molecular formula is C20H24FN2O4-. The molecule has 2 heterocycles. The molecule has 3 atom stereocenters. The summed E-state index contributed by atoms with van der Waals surface area (Å²) in [6.07, 6.45) is 1.92. The van der Waals surface area contributed by atoms with Crippen LogP contribution in [0.3, 0.4) is 0 Å². The van der Waals surface area contributed by atoms with Crippen molar-refractivity contribution in [3.63, 3.8) is 0 Å². The van der Waals surface area contributed by atoms with E-state index >= 15 is 0 Å². The highest BCUT2D eigenvalue weighted by molar-refractivity contribution is 5.84. The first-order valence-electron chi connectivity index (χ1n) is 9.20. The van der Waals surface area contributed by atoms with Gasteiger partial charge in [-0.25, -0.2) is 4.39 Å². The molecule has 1 fully saturated rings. The monoisotopic (exact) mass is 375 g/mol. The van der Waals surface area contributed by atoms with Crippen LogP contribution in [-0.4, -0.2) is 36.3 Å². The number of carbonyl (C=O) groups excluding carboxylic acids is 1. The lowest BCUT2D eigenvalue weighted by Gasteiger charge is -2.33. The number of aliphatic hydroxyl groups excluding tert-OH is 1. The van der Waals surface area contributed by atoms with Gasteiger partial charge in [-0.2, -0.15) is 0 Å². The van der Waals surface area contributed by atoms with Gasteiger partial charge in [0.15, 0.2) is 0 Å². The summed E-state index contributed by atoms with van der Waals surface area (Å²) in [6.45, 7) is 1.44. The van der Waals surface area contributed by atoms with Gasteiger partial charge >= 0.3 is 0 Å². The van der Waals surface area contributed by atoms with Crippen molar-refractivity contribution in [2.45, 2.75) is 31.8 Å². The van der Waals surface area contributed by atoms with E-state index in [9.17, 15) is 19.4 Å². The van der Waals surface area contributed by atoms with Crippen LogP contribution in [0.1, 0.15) is 37.4 Å². The van der Waals surface area contributed by atoms with Crippen LogP contribution < -0.4 is 15.2 Å². The molecule has 7 heteroatoms. The van der Waals surface area contributed by atoms with Crippen molar-refractivity contribution in [2.75, 3.05) is 20.2 Å². The largest absolute Gasteiger partial charge is 0.550 e. The number of methoxy groups -OCH3 is 1. The first-order valence-corrected chi connectivity index (χ1v) is 9.20. The van der Waals surface area contributed by atoms with E-state index in [1.807, 2.05) is 0 Å². The van der Waals surface area contributed by atoms with Crippen molar-refractivity contribution in [1.29, 1.82) is 0 Å². The van der Waals surface area contributed by atoms with Crippen molar-refractivity contribution < 1.29 is 24.1 Å². The number of carbonyl (C=O) groups is 1. The highest BCUT2D eigenvalue weighted by atomic mass is 19.1. The number of aliphatic carboxylic acids is 1. The molecule has 0 bridgehead atoms. The molecule has 2 N–H and O–H groups in total. The second-order valence-electron chi connectivity index (χ2n) is 7.09. The Balaban J connectivity index is 1.78. The highest BCUT2D eigenvalue weighted by Crippen LogP contribution is 2.34. The zero-order valence-corrected chi connectivity index (χ0v) is 15.3. The molecule has 27 heavy (non-hydrogen) atoms. The van der Waals surface area contributed by atoms with Gasteiger partial charge < -0.3 is 25.1 Å². The third-order valence-electron chi connectivity index (χ3n) is 5.41. The molecule has 0 amide bonds. The average molecular weight is 375 g/mol. The molecule has 1 aromatic carbocycles. The molecule has 146 valence electrons. The summed E-state index contributed by atoms with van der Waals surface area (Å²) in [5.74, 6) is -0.928. The Morgan fingerprint density at radius 1 is 1.48 bits per heavy atom. The molecule has 0 saturated carbocycles. The summed E-state index contributed by atoms with van der Waals surface area (Å²) in [7, 11) is 1.53. The summed E-state index contributed by atoms with van der Waals surface area (Å²) in [5, 5.41) is 25.4. The number of hydrogen-bond acceptors (Lipinski definition) is 6. The number of aromatic nitrogens is 1. The van der Waals surface area contributed by atoms with E-state index in [0.29, 0.717) is 36.0 Å². The van der Waals surface area contributed by atoms with E-state index in [2.05, 4.69) is 10.3 Å². The number of piperidine rings is 1. The number of nitrogens with zero attached hydrogens (tertiary/aromatic N) is 1. The number of fused-ring (bicyclic) bond motifs is 1. The van der Waals surface area contributed by atoms with Gasteiger partial charge in [0, 0.05) is 16.9 Å². The topological polar surface area (TPSA) is 94.5 Å². The fourth-order valence-corrected chi connectivity index (χ4v) is 3.96. The number of hydrogen-bond donors (Lipinski definition) is 2. The average Bonchev–Trinajstić information content (AvgIpc) is 2.66. The van der Waals surface area contributed by atoms with E-state index in [4.69, 9.17) is 4.74 Å². The van der Waals surface area contributed by atoms with Crippen molar-refractivity contribution in [2.24, 2.45) is 11.8 Å². The van der Waals surface area contributed by atoms with Gasteiger partial charge in [0.2, 0.25) is 0 Å². The fourth-order valence-electron chi connectivity index (χ4n) is 3.96. The molecule has 0 aliphatic carbocycles. The third-order valence-corrected chi connectivity index (χ3v) is 5.41. The summed E-state index contributed by atoms with van der Waals surface area (Å²) in [4.78, 5) is 15.0. The van der Waals surface area contributed by atoms with Crippen LogP contribution in [0.25, 0.3) is 10.9 Å². The Morgan fingerprint density at radius 2 is 2.30 bits per heavy atom. The number of pyridine rings is 1. The quantitative estimate of drug-likeness (QED) is 0.763. The lowest BCUT2D eigenvalue weighted by molar-refractivity contribution is -0.307. The summed E-state index contributed by atoms with van der Waals surface area (Å²) >= 11 is 0. The lowest BCUT2D eigenvalue weighted by atomic mass is 9.80. The van der Waals surface area contributed by atoms with Crippen LogP contribution in [0.5, 0.6) is 5.75 Å². The number of rotatable bonds is 7. The summed E-state index contributed by atoms with van der Waals surface area (Å²) in [5.41, 5.74) is 0.798. The molecule has 0 radical (unpaired) electrons. The van der Waals surface area contributed by atoms with E-state index in [0.717, 1.165) is 19.2 Å². The maximum absolute atomic E-state index is 14.5. The van der Waals surface area contributed by atoms with Gasteiger partial charge in [-0.3, -0.25) is 4.98 Å². The Hall–Kier alpha value is -2.25. The minimum atomic E-state index is -1.06. The second-order valence-corrected chi connectivity index (χ2v) is 7.09. The SMILES string of the molecule is COc1ccc2ncc(F)c(C(O)CCC3CCNCC3CC(=O)[O-])c2c1. The highest BCUT2D eigenvalue weighted by Gasteiger charge is 2.27. The summed E-state index contributed by atoms with van der Waals surface area (Å²) in [6, 6.07) is 5.14. The smallest absolute Gasteiger partial charge is 0.147 e. The van der Waals surface area contributed by atoms with Crippen molar-refractivity contribution >= 4 is 16.9 Å². The second kappa shape index (κ2) is 8.63. The van der Waals surface area contributed by atoms with Crippen LogP contribution in [0.15, 0.2) is 24.4 Å². The van der Waals surface area contributed by atoms with Gasteiger partial charge in [-0.05, 0) is 68.8 Å². The van der Waals surface area contributed by atoms with Crippen LogP contribution in [-0.2, 0) is 4.79 Å². The van der Waals surface area contributed by atoms with E-state index in [1.165, 1.54) is 7.11 Å². The molecule has 2 aromatic rings. The molecule has 3 unspecified atom stereocenters. The predicted octanol–water partition coefficient (Wildman–Crippen LogP) is 1.56. The van der Waals surface area contributed by atoms with Gasteiger partial charge in [-0.1, -0.05) is 0 Å². The number of carboxylic acid groups (broad SMARTS) is 1. The number of aliphatic hydroxyl groups is 1. The Labute approximate surface area is 157 Å². The first-order chi connectivity index (χ1) is 13.0. The standard InChI is InChI=1S/C20H25FN2O4/c1-27-14-3-4-17-15(9-14)20(16(21)11-23-17)18(24)5-2-12-6-7-22-10-13(12)8-19(25)26/h3-4,9,11-13,18,22,24H,2,5-8,10H2,1H3,(H,25,26)/p-1. The summed E-state index contributed by atoms with van der Waals surface area (Å²) < 4.78 is 19.7. The number of halogens is 1. The predicted molar refractivity (Wildman–Crippen MR) is 96.5 cm³/mol. The number of nitrogens with one attached hydrogen (secondary N) is 1. The molecule has 0 spiro atoms. The Kier molecular flexibility index (Phi) is 6.23. The van der Waals surface area contributed by atoms with Crippen LogP contribution in [0.4, 0.5) is 4.39 Å². The van der Waals surface area contributed by atoms with Gasteiger partial charge in [0.25, 0.3) is 0 Å². The van der Waals surface area contributed by atoms with Crippen molar-refractivity contribution in [3.05, 3.63) is 35.8 Å². The third kappa shape index (κ3) is 4.54. The lowest BCUT2D eigenvalue weighted by Crippen LogP contribution is -2.40. The zero-order valence-electron chi connectivity index (χ0n) is 15.3.